The van der Waals surface area contributed by atoms with Gasteiger partial charge in [-0.25, -0.2) is 0 Å². The molecule has 0 saturated carbocycles. The molecule has 3 N–H and O–H groups in total. The summed E-state index contributed by atoms with van der Waals surface area (Å²) >= 11 is 0. The van der Waals surface area contributed by atoms with E-state index in [2.05, 4.69) is 10.6 Å². The van der Waals surface area contributed by atoms with Crippen molar-refractivity contribution in [2.75, 3.05) is 6.54 Å². The van der Waals surface area contributed by atoms with E-state index in [9.17, 15) is 9.90 Å². The summed E-state index contributed by atoms with van der Waals surface area (Å²) in [5.41, 5.74) is 0.466. The second kappa shape index (κ2) is 8.63. The van der Waals surface area contributed by atoms with E-state index >= 15 is 0 Å². The van der Waals surface area contributed by atoms with Crippen LogP contribution in [0.15, 0.2) is 30.3 Å². The zero-order valence-corrected chi connectivity index (χ0v) is 15.9. The van der Waals surface area contributed by atoms with E-state index < -0.39 is 11.5 Å². The Bertz CT molecular complexity index is 504. The Labute approximate surface area is 147 Å². The molecule has 1 amide bonds. The highest BCUT2D eigenvalue weighted by molar-refractivity contribution is 5.82. The lowest BCUT2D eigenvalue weighted by Gasteiger charge is -2.30. The molecule has 1 radical (unpaired) electrons. The molecule has 0 heterocycles. The van der Waals surface area contributed by atoms with E-state index in [1.54, 1.807) is 6.92 Å². The molecule has 4 nitrogen and oxygen atoms in total. The van der Waals surface area contributed by atoms with Crippen LogP contribution in [0.2, 0.25) is 0 Å². The first kappa shape index (κ1) is 20.7. The monoisotopic (exact) mass is 333 g/mol. The van der Waals surface area contributed by atoms with Gasteiger partial charge in [0.25, 0.3) is 0 Å². The summed E-state index contributed by atoms with van der Waals surface area (Å²) in [6, 6.07) is 10.9. The lowest BCUT2D eigenvalue weighted by Crippen LogP contribution is -2.48. The van der Waals surface area contributed by atoms with E-state index in [1.165, 1.54) is 0 Å². The maximum Gasteiger partial charge on any atom is 0.226 e. The largest absolute Gasteiger partial charge is 0.391 e. The average Bonchev–Trinajstić information content (AvgIpc) is 2.45. The van der Waals surface area contributed by atoms with Crippen molar-refractivity contribution in [2.24, 2.45) is 5.41 Å². The van der Waals surface area contributed by atoms with Crippen LogP contribution in [0.1, 0.15) is 53.5 Å². The fourth-order valence-electron chi connectivity index (χ4n) is 2.33. The first-order valence-corrected chi connectivity index (χ1v) is 8.65. The molecular weight excluding hydrogens is 300 g/mol. The van der Waals surface area contributed by atoms with Crippen molar-refractivity contribution in [3.63, 3.8) is 0 Å². The fraction of sp³-hybridized carbons (Fsp3) is 0.600. The van der Waals surface area contributed by atoms with Gasteiger partial charge in [0.15, 0.2) is 0 Å². The lowest BCUT2D eigenvalue weighted by molar-refractivity contribution is -0.131. The average molecular weight is 333 g/mol. The second-order valence-electron chi connectivity index (χ2n) is 8.13. The minimum Gasteiger partial charge on any atom is -0.391 e. The highest BCUT2D eigenvalue weighted by Gasteiger charge is 2.30. The van der Waals surface area contributed by atoms with Gasteiger partial charge in [0, 0.05) is 11.0 Å². The summed E-state index contributed by atoms with van der Waals surface area (Å²) in [4.78, 5) is 12.4. The van der Waals surface area contributed by atoms with Crippen molar-refractivity contribution in [3.05, 3.63) is 41.9 Å². The number of rotatable bonds is 8. The van der Waals surface area contributed by atoms with Gasteiger partial charge in [-0.15, -0.1) is 0 Å². The first-order chi connectivity index (χ1) is 11.0. The van der Waals surface area contributed by atoms with Gasteiger partial charge < -0.3 is 15.7 Å². The summed E-state index contributed by atoms with van der Waals surface area (Å²) < 4.78 is 0. The van der Waals surface area contributed by atoms with Crippen LogP contribution in [-0.4, -0.2) is 29.2 Å². The second-order valence-corrected chi connectivity index (χ2v) is 8.13. The van der Waals surface area contributed by atoms with Crippen molar-refractivity contribution in [2.45, 2.75) is 66.0 Å². The summed E-state index contributed by atoms with van der Waals surface area (Å²) in [7, 11) is 0. The molecule has 0 spiro atoms. The minimum absolute atomic E-state index is 0.0541. The van der Waals surface area contributed by atoms with Crippen LogP contribution >= 0.6 is 0 Å². The molecule has 0 aliphatic carbocycles. The van der Waals surface area contributed by atoms with Gasteiger partial charge in [0.05, 0.1) is 12.1 Å². The van der Waals surface area contributed by atoms with Gasteiger partial charge in [-0.2, -0.15) is 0 Å². The molecule has 0 aliphatic heterocycles. The number of benzene rings is 1. The number of carbonyl (C=O) groups excluding carboxylic acids is 1. The van der Waals surface area contributed by atoms with Crippen LogP contribution in [-0.2, 0) is 11.2 Å². The highest BCUT2D eigenvalue weighted by atomic mass is 16.3. The molecule has 0 aliphatic rings. The van der Waals surface area contributed by atoms with Gasteiger partial charge in [-0.1, -0.05) is 44.2 Å². The summed E-state index contributed by atoms with van der Waals surface area (Å²) in [6.07, 6.45) is 0.851. The van der Waals surface area contributed by atoms with E-state index in [4.69, 9.17) is 0 Å². The number of hydrogen-bond donors (Lipinski definition) is 3. The van der Waals surface area contributed by atoms with Crippen molar-refractivity contribution >= 4 is 5.91 Å². The summed E-state index contributed by atoms with van der Waals surface area (Å²) in [5.74, 6) is 0.0541. The summed E-state index contributed by atoms with van der Waals surface area (Å²) in [6.45, 7) is 12.3. The van der Waals surface area contributed by atoms with Crippen LogP contribution < -0.4 is 10.6 Å². The lowest BCUT2D eigenvalue weighted by atomic mass is 9.87. The Balaban J connectivity index is 2.54. The van der Waals surface area contributed by atoms with Crippen molar-refractivity contribution < 1.29 is 9.90 Å². The van der Waals surface area contributed by atoms with Crippen molar-refractivity contribution in [1.29, 1.82) is 0 Å². The molecule has 0 aromatic heterocycles. The van der Waals surface area contributed by atoms with E-state index in [1.807, 2.05) is 65.0 Å². The third-order valence-electron chi connectivity index (χ3n) is 3.95. The highest BCUT2D eigenvalue weighted by Crippen LogP contribution is 2.22. The number of carbonyl (C=O) groups is 1. The molecule has 4 heteroatoms. The zero-order valence-electron chi connectivity index (χ0n) is 15.9. The molecule has 135 valence electrons. The van der Waals surface area contributed by atoms with Crippen LogP contribution in [0.4, 0.5) is 0 Å². The summed E-state index contributed by atoms with van der Waals surface area (Å²) in [5, 5.41) is 16.4. The first-order valence-electron chi connectivity index (χ1n) is 8.65. The Morgan fingerprint density at radius 3 is 2.21 bits per heavy atom. The van der Waals surface area contributed by atoms with Crippen LogP contribution in [0.3, 0.4) is 0 Å². The molecule has 1 rings (SSSR count). The molecule has 0 unspecified atom stereocenters. The zero-order chi connectivity index (χ0) is 18.4. The topological polar surface area (TPSA) is 61.4 Å². The van der Waals surface area contributed by atoms with Gasteiger partial charge in [0.2, 0.25) is 5.91 Å². The van der Waals surface area contributed by atoms with Gasteiger partial charge in [-0.3, -0.25) is 4.79 Å². The van der Waals surface area contributed by atoms with Gasteiger partial charge in [-0.05, 0) is 52.6 Å². The standard InChI is InChI=1S/C20H33N2O2/c1-15(23)17(14-16-10-8-7-9-11-16)21-13-12-20(5,6)18(24)22-19(2,3)4/h7-11,15,21,23H,12-14H2,1-6H3,(H,22,24)/t15-/m1/s1. The van der Waals surface area contributed by atoms with Crippen molar-refractivity contribution in [3.8, 4) is 0 Å². The van der Waals surface area contributed by atoms with Crippen LogP contribution in [0.25, 0.3) is 0 Å². The molecule has 24 heavy (non-hydrogen) atoms. The predicted octanol–water partition coefficient (Wildman–Crippen LogP) is 3.06. The number of aliphatic hydroxyl groups excluding tert-OH is 1. The van der Waals surface area contributed by atoms with Crippen LogP contribution in [0.5, 0.6) is 0 Å². The van der Waals surface area contributed by atoms with E-state index in [0.717, 1.165) is 11.6 Å². The Morgan fingerprint density at radius 2 is 1.71 bits per heavy atom. The smallest absolute Gasteiger partial charge is 0.226 e. The van der Waals surface area contributed by atoms with Gasteiger partial charge in [0.1, 0.15) is 0 Å². The third kappa shape index (κ3) is 7.45. The number of hydrogen-bond acceptors (Lipinski definition) is 3. The predicted molar refractivity (Wildman–Crippen MR) is 99.4 cm³/mol. The SMILES string of the molecule is C[C@@H](O)[C](Cc1ccccc1)NCCC(C)(C)C(=O)NC(C)(C)C. The maximum atomic E-state index is 12.4. The Morgan fingerprint density at radius 1 is 1.12 bits per heavy atom. The molecule has 0 saturated heterocycles. The Kier molecular flexibility index (Phi) is 7.43. The van der Waals surface area contributed by atoms with Gasteiger partial charge >= 0.3 is 0 Å². The molecule has 0 fully saturated rings. The normalized spacial score (nSPS) is 13.8. The number of amides is 1. The Hall–Kier alpha value is -1.39. The molecule has 1 aromatic carbocycles. The fourth-order valence-corrected chi connectivity index (χ4v) is 2.33. The van der Waals surface area contributed by atoms with E-state index in [0.29, 0.717) is 19.4 Å². The molecular formula is C20H33N2O2. The molecule has 1 atom stereocenters. The minimum atomic E-state index is -0.531. The number of aliphatic hydroxyl groups is 1. The number of nitrogens with one attached hydrogen (secondary N) is 2. The van der Waals surface area contributed by atoms with Crippen LogP contribution in [0, 0.1) is 11.5 Å². The molecule has 1 aromatic rings. The quantitative estimate of drug-likeness (QED) is 0.685. The van der Waals surface area contributed by atoms with Crippen molar-refractivity contribution in [1.82, 2.24) is 10.6 Å². The molecule has 0 bridgehead atoms. The maximum absolute atomic E-state index is 12.4. The van der Waals surface area contributed by atoms with E-state index in [-0.39, 0.29) is 11.4 Å². The third-order valence-corrected chi connectivity index (χ3v) is 3.95.